The van der Waals surface area contributed by atoms with Crippen LogP contribution in [-0.4, -0.2) is 33.4 Å². The van der Waals surface area contributed by atoms with Gasteiger partial charge in [-0.2, -0.15) is 0 Å². The first kappa shape index (κ1) is 23.8. The summed E-state index contributed by atoms with van der Waals surface area (Å²) in [7, 11) is 0. The lowest BCUT2D eigenvalue weighted by molar-refractivity contribution is -0.121. The average molecular weight is 479 g/mol. The summed E-state index contributed by atoms with van der Waals surface area (Å²) in [5.74, 6) is -0.603. The molecule has 2 aromatic carbocycles. The largest absolute Gasteiger partial charge is 0.350 e. The van der Waals surface area contributed by atoms with E-state index in [9.17, 15) is 14.0 Å². The van der Waals surface area contributed by atoms with Crippen LogP contribution in [0.15, 0.2) is 65.0 Å². The summed E-state index contributed by atoms with van der Waals surface area (Å²) >= 11 is 1.35. The molecule has 2 aromatic heterocycles. The topological polar surface area (TPSA) is 67.2 Å². The molecule has 2 heterocycles. The fraction of sp³-hybridized carbons (Fsp3) is 0.269. The number of fused-ring (bicyclic) bond motifs is 1. The quantitative estimate of drug-likeness (QED) is 0.387. The average Bonchev–Trinajstić information content (AvgIpc) is 3.29. The molecule has 0 aliphatic heterocycles. The molecule has 8 heteroatoms. The molecule has 0 unspecified atom stereocenters. The van der Waals surface area contributed by atoms with E-state index < -0.39 is 0 Å². The lowest BCUT2D eigenvalue weighted by Crippen LogP contribution is -2.32. The van der Waals surface area contributed by atoms with E-state index in [1.54, 1.807) is 12.1 Å². The molecule has 0 saturated heterocycles. The van der Waals surface area contributed by atoms with Crippen LogP contribution in [0.4, 0.5) is 4.39 Å². The molecule has 4 aromatic rings. The van der Waals surface area contributed by atoms with E-state index in [1.807, 2.05) is 23.6 Å². The Balaban J connectivity index is 1.50. The third-order valence-corrected chi connectivity index (χ3v) is 6.80. The molecule has 0 aliphatic rings. The van der Waals surface area contributed by atoms with Gasteiger partial charge in [-0.25, -0.2) is 9.37 Å². The van der Waals surface area contributed by atoms with Crippen LogP contribution in [0.2, 0.25) is 0 Å². The minimum atomic E-state index is -0.339. The van der Waals surface area contributed by atoms with E-state index >= 15 is 0 Å². The SMILES string of the molecule is CCN(CC)Cc1ccccc1CNC(=O)Cn1cnc2scc(-c3ccc(F)cc3)c2c1=O. The number of hydrogen-bond donors (Lipinski definition) is 1. The lowest BCUT2D eigenvalue weighted by Gasteiger charge is -2.20. The van der Waals surface area contributed by atoms with Crippen LogP contribution in [0.25, 0.3) is 21.3 Å². The first-order valence-corrected chi connectivity index (χ1v) is 12.2. The Kier molecular flexibility index (Phi) is 7.49. The van der Waals surface area contributed by atoms with Gasteiger partial charge in [0.15, 0.2) is 0 Å². The van der Waals surface area contributed by atoms with Crippen LogP contribution >= 0.6 is 11.3 Å². The Labute approximate surface area is 201 Å². The van der Waals surface area contributed by atoms with E-state index in [1.165, 1.54) is 39.9 Å². The van der Waals surface area contributed by atoms with Gasteiger partial charge in [0.1, 0.15) is 17.2 Å². The Morgan fingerprint density at radius 1 is 1.09 bits per heavy atom. The van der Waals surface area contributed by atoms with Gasteiger partial charge in [0.2, 0.25) is 5.91 Å². The summed E-state index contributed by atoms with van der Waals surface area (Å²) in [6.45, 7) is 7.26. The van der Waals surface area contributed by atoms with Crippen molar-refractivity contribution < 1.29 is 9.18 Å². The highest BCUT2D eigenvalue weighted by Gasteiger charge is 2.15. The monoisotopic (exact) mass is 478 g/mol. The van der Waals surface area contributed by atoms with Gasteiger partial charge in [0, 0.05) is 24.0 Å². The van der Waals surface area contributed by atoms with E-state index in [0.29, 0.717) is 22.3 Å². The van der Waals surface area contributed by atoms with Crippen LogP contribution in [0.5, 0.6) is 0 Å². The van der Waals surface area contributed by atoms with Crippen molar-refractivity contribution >= 4 is 27.5 Å². The van der Waals surface area contributed by atoms with Crippen molar-refractivity contribution in [2.24, 2.45) is 0 Å². The van der Waals surface area contributed by atoms with E-state index in [2.05, 4.69) is 35.1 Å². The Hall–Kier alpha value is -3.36. The molecule has 1 N–H and O–H groups in total. The van der Waals surface area contributed by atoms with E-state index in [-0.39, 0.29) is 23.8 Å². The van der Waals surface area contributed by atoms with Crippen molar-refractivity contribution in [2.45, 2.75) is 33.5 Å². The molecule has 0 spiro atoms. The molecule has 0 aliphatic carbocycles. The number of nitrogens with zero attached hydrogens (tertiary/aromatic N) is 3. The highest BCUT2D eigenvalue weighted by atomic mass is 32.1. The normalized spacial score (nSPS) is 11.3. The number of carbonyl (C=O) groups is 1. The van der Waals surface area contributed by atoms with Crippen LogP contribution in [0, 0.1) is 5.82 Å². The van der Waals surface area contributed by atoms with Crippen LogP contribution in [0.1, 0.15) is 25.0 Å². The van der Waals surface area contributed by atoms with Crippen molar-refractivity contribution in [3.63, 3.8) is 0 Å². The predicted molar refractivity (Wildman–Crippen MR) is 134 cm³/mol. The third-order valence-electron chi connectivity index (χ3n) is 5.91. The number of carbonyl (C=O) groups excluding carboxylic acids is 1. The number of halogens is 1. The first-order chi connectivity index (χ1) is 16.5. The highest BCUT2D eigenvalue weighted by molar-refractivity contribution is 7.17. The number of rotatable bonds is 9. The minimum absolute atomic E-state index is 0.126. The second-order valence-corrected chi connectivity index (χ2v) is 8.88. The van der Waals surface area contributed by atoms with Gasteiger partial charge in [-0.3, -0.25) is 19.1 Å². The number of hydrogen-bond acceptors (Lipinski definition) is 5. The van der Waals surface area contributed by atoms with E-state index in [0.717, 1.165) is 30.8 Å². The summed E-state index contributed by atoms with van der Waals surface area (Å²) in [5, 5.41) is 5.21. The van der Waals surface area contributed by atoms with Crippen LogP contribution in [-0.2, 0) is 24.4 Å². The molecular weight excluding hydrogens is 451 g/mol. The van der Waals surface area contributed by atoms with Gasteiger partial charge in [-0.15, -0.1) is 11.3 Å². The second kappa shape index (κ2) is 10.7. The molecule has 176 valence electrons. The fourth-order valence-corrected chi connectivity index (χ4v) is 4.81. The zero-order chi connectivity index (χ0) is 24.1. The minimum Gasteiger partial charge on any atom is -0.350 e. The maximum Gasteiger partial charge on any atom is 0.263 e. The molecular formula is C26H27FN4O2S. The van der Waals surface area contributed by atoms with Gasteiger partial charge >= 0.3 is 0 Å². The van der Waals surface area contributed by atoms with Crippen molar-refractivity contribution in [3.05, 3.63) is 87.5 Å². The van der Waals surface area contributed by atoms with Crippen LogP contribution in [0.3, 0.4) is 0 Å². The predicted octanol–water partition coefficient (Wildman–Crippen LogP) is 4.42. The molecule has 0 saturated carbocycles. The standard InChI is InChI=1S/C26H27FN4O2S/c1-3-30(4-2)14-20-8-6-5-7-19(20)13-28-23(32)15-31-17-29-25-24(26(31)33)22(16-34-25)18-9-11-21(27)12-10-18/h5-12,16-17H,3-4,13-15H2,1-2H3,(H,28,32). The summed E-state index contributed by atoms with van der Waals surface area (Å²) in [6.07, 6.45) is 1.41. The number of aromatic nitrogens is 2. The maximum absolute atomic E-state index is 13.3. The molecule has 0 radical (unpaired) electrons. The summed E-state index contributed by atoms with van der Waals surface area (Å²) in [4.78, 5) is 33.1. The summed E-state index contributed by atoms with van der Waals surface area (Å²) in [6, 6.07) is 14.0. The Bertz CT molecular complexity index is 1340. The molecule has 0 fully saturated rings. The van der Waals surface area contributed by atoms with Crippen molar-refractivity contribution in [2.75, 3.05) is 13.1 Å². The zero-order valence-corrected chi connectivity index (χ0v) is 20.1. The van der Waals surface area contributed by atoms with Crippen molar-refractivity contribution in [3.8, 4) is 11.1 Å². The molecule has 4 rings (SSSR count). The molecule has 0 bridgehead atoms. The summed E-state index contributed by atoms with van der Waals surface area (Å²) in [5.41, 5.74) is 3.37. The number of benzene rings is 2. The van der Waals surface area contributed by atoms with Crippen molar-refractivity contribution in [1.82, 2.24) is 19.8 Å². The summed E-state index contributed by atoms with van der Waals surface area (Å²) < 4.78 is 14.6. The lowest BCUT2D eigenvalue weighted by atomic mass is 10.1. The van der Waals surface area contributed by atoms with Gasteiger partial charge < -0.3 is 5.32 Å². The van der Waals surface area contributed by atoms with E-state index in [4.69, 9.17) is 0 Å². The number of amides is 1. The Morgan fingerprint density at radius 3 is 2.50 bits per heavy atom. The highest BCUT2D eigenvalue weighted by Crippen LogP contribution is 2.30. The van der Waals surface area contributed by atoms with Gasteiger partial charge in [-0.1, -0.05) is 50.2 Å². The second-order valence-electron chi connectivity index (χ2n) is 8.02. The smallest absolute Gasteiger partial charge is 0.263 e. The van der Waals surface area contributed by atoms with Crippen LogP contribution < -0.4 is 10.9 Å². The molecule has 1 amide bonds. The molecule has 34 heavy (non-hydrogen) atoms. The Morgan fingerprint density at radius 2 is 1.79 bits per heavy atom. The van der Waals surface area contributed by atoms with Gasteiger partial charge in [-0.05, 0) is 41.9 Å². The molecule has 0 atom stereocenters. The number of nitrogens with one attached hydrogen (secondary N) is 1. The first-order valence-electron chi connectivity index (χ1n) is 11.3. The van der Waals surface area contributed by atoms with Crippen molar-refractivity contribution in [1.29, 1.82) is 0 Å². The maximum atomic E-state index is 13.3. The van der Waals surface area contributed by atoms with Gasteiger partial charge in [0.05, 0.1) is 11.7 Å². The molecule has 6 nitrogen and oxygen atoms in total. The number of thiophene rings is 1. The fourth-order valence-electron chi connectivity index (χ4n) is 3.90. The van der Waals surface area contributed by atoms with Gasteiger partial charge in [0.25, 0.3) is 5.56 Å². The third kappa shape index (κ3) is 5.24. The zero-order valence-electron chi connectivity index (χ0n) is 19.3.